The van der Waals surface area contributed by atoms with Gasteiger partial charge < -0.3 is 4.74 Å². The van der Waals surface area contributed by atoms with Crippen LogP contribution in [-0.2, 0) is 6.61 Å². The van der Waals surface area contributed by atoms with E-state index in [-0.39, 0.29) is 6.61 Å². The van der Waals surface area contributed by atoms with Crippen LogP contribution in [0.25, 0.3) is 5.69 Å². The number of ether oxygens (including phenoxy) is 1. The number of aromatic nitrogens is 4. The normalized spacial score (nSPS) is 10.3. The van der Waals surface area contributed by atoms with E-state index in [0.717, 1.165) is 16.8 Å². The van der Waals surface area contributed by atoms with Crippen molar-refractivity contribution >= 4 is 0 Å². The minimum Gasteiger partial charge on any atom is -0.485 e. The highest BCUT2D eigenvalue weighted by Gasteiger charge is 2.13. The molecule has 0 spiro atoms. The molecule has 6 nitrogen and oxygen atoms in total. The molecule has 1 aromatic heterocycles. The molecule has 3 aromatic rings. The molecule has 0 aliphatic carbocycles. The van der Waals surface area contributed by atoms with Gasteiger partial charge in [-0.1, -0.05) is 24.3 Å². The van der Waals surface area contributed by atoms with Crippen LogP contribution in [0, 0.1) is 25.2 Å². The first-order chi connectivity index (χ1) is 11.2. The number of benzene rings is 2. The summed E-state index contributed by atoms with van der Waals surface area (Å²) in [6.45, 7) is 4.26. The zero-order valence-electron chi connectivity index (χ0n) is 12.9. The number of para-hydroxylation sites is 1. The fraction of sp³-hybridized carbons (Fsp3) is 0.176. The van der Waals surface area contributed by atoms with Gasteiger partial charge in [0.1, 0.15) is 12.4 Å². The molecule has 1 heterocycles. The molecule has 0 aliphatic heterocycles. The number of aryl methyl sites for hydroxylation is 2. The van der Waals surface area contributed by atoms with Crippen molar-refractivity contribution in [1.82, 2.24) is 20.2 Å². The van der Waals surface area contributed by atoms with Crippen LogP contribution in [0.4, 0.5) is 0 Å². The van der Waals surface area contributed by atoms with Crippen LogP contribution < -0.4 is 4.74 Å². The number of hydrogen-bond donors (Lipinski definition) is 0. The summed E-state index contributed by atoms with van der Waals surface area (Å²) in [6, 6.07) is 15.1. The van der Waals surface area contributed by atoms with Gasteiger partial charge in [-0.05, 0) is 53.6 Å². The quantitative estimate of drug-likeness (QED) is 0.740. The van der Waals surface area contributed by atoms with Crippen LogP contribution in [0.5, 0.6) is 5.75 Å². The van der Waals surface area contributed by atoms with Crippen LogP contribution in [0.2, 0.25) is 0 Å². The standard InChI is InChI=1S/C17H15N5O/c1-12-5-3-6-13(2)17(12)22-16(19-20-21-22)11-23-15-8-4-7-14(9-15)10-18/h3-9H,11H2,1-2H3. The molecule has 0 fully saturated rings. The molecule has 0 unspecified atom stereocenters. The highest BCUT2D eigenvalue weighted by molar-refractivity contribution is 5.46. The van der Waals surface area contributed by atoms with Gasteiger partial charge in [-0.25, -0.2) is 0 Å². The van der Waals surface area contributed by atoms with Crippen molar-refractivity contribution in [3.63, 3.8) is 0 Å². The third-order valence-electron chi connectivity index (χ3n) is 3.52. The topological polar surface area (TPSA) is 76.6 Å². The third-order valence-corrected chi connectivity index (χ3v) is 3.52. The molecule has 0 radical (unpaired) electrons. The number of tetrazole rings is 1. The summed E-state index contributed by atoms with van der Waals surface area (Å²) in [5.41, 5.74) is 3.69. The van der Waals surface area contributed by atoms with E-state index >= 15 is 0 Å². The fourth-order valence-corrected chi connectivity index (χ4v) is 2.41. The average Bonchev–Trinajstić information content (AvgIpc) is 3.01. The second-order valence-electron chi connectivity index (χ2n) is 5.18. The lowest BCUT2D eigenvalue weighted by molar-refractivity contribution is 0.292. The van der Waals surface area contributed by atoms with Crippen molar-refractivity contribution < 1.29 is 4.74 Å². The van der Waals surface area contributed by atoms with Crippen LogP contribution in [0.15, 0.2) is 42.5 Å². The van der Waals surface area contributed by atoms with E-state index in [4.69, 9.17) is 10.00 Å². The van der Waals surface area contributed by atoms with Crippen molar-refractivity contribution in [1.29, 1.82) is 5.26 Å². The molecule has 0 bridgehead atoms. The van der Waals surface area contributed by atoms with Gasteiger partial charge in [0.15, 0.2) is 5.82 Å². The fourth-order valence-electron chi connectivity index (χ4n) is 2.41. The van der Waals surface area contributed by atoms with Crippen LogP contribution in [0.3, 0.4) is 0 Å². The summed E-state index contributed by atoms with van der Waals surface area (Å²) in [6.07, 6.45) is 0. The Morgan fingerprint density at radius 2 is 1.87 bits per heavy atom. The van der Waals surface area contributed by atoms with E-state index in [0.29, 0.717) is 17.1 Å². The zero-order chi connectivity index (χ0) is 16.2. The molecule has 0 saturated heterocycles. The van der Waals surface area contributed by atoms with E-state index < -0.39 is 0 Å². The molecule has 2 aromatic carbocycles. The second kappa shape index (κ2) is 6.28. The summed E-state index contributed by atoms with van der Waals surface area (Å²) in [7, 11) is 0. The Morgan fingerprint density at radius 1 is 1.13 bits per heavy atom. The average molecular weight is 305 g/mol. The molecular formula is C17H15N5O. The summed E-state index contributed by atoms with van der Waals surface area (Å²) in [4.78, 5) is 0. The largest absolute Gasteiger partial charge is 0.485 e. The number of hydrogen-bond acceptors (Lipinski definition) is 5. The second-order valence-corrected chi connectivity index (χ2v) is 5.18. The summed E-state index contributed by atoms with van der Waals surface area (Å²) in [5, 5.41) is 20.8. The lowest BCUT2D eigenvalue weighted by Crippen LogP contribution is -2.09. The Kier molecular flexibility index (Phi) is 4.02. The lowest BCUT2D eigenvalue weighted by Gasteiger charge is -2.11. The van der Waals surface area contributed by atoms with Crippen LogP contribution >= 0.6 is 0 Å². The van der Waals surface area contributed by atoms with Gasteiger partial charge >= 0.3 is 0 Å². The van der Waals surface area contributed by atoms with Gasteiger partial charge in [0, 0.05) is 0 Å². The van der Waals surface area contributed by atoms with Gasteiger partial charge in [0.2, 0.25) is 0 Å². The van der Waals surface area contributed by atoms with Crippen LogP contribution in [0.1, 0.15) is 22.5 Å². The molecule has 0 atom stereocenters. The lowest BCUT2D eigenvalue weighted by atomic mass is 10.1. The predicted molar refractivity (Wildman–Crippen MR) is 84.1 cm³/mol. The van der Waals surface area contributed by atoms with Crippen molar-refractivity contribution in [3.8, 4) is 17.5 Å². The van der Waals surface area contributed by atoms with Crippen molar-refractivity contribution in [3.05, 3.63) is 65.0 Å². The van der Waals surface area contributed by atoms with Gasteiger partial charge in [-0.2, -0.15) is 9.94 Å². The first-order valence-electron chi connectivity index (χ1n) is 7.16. The van der Waals surface area contributed by atoms with E-state index in [1.54, 1.807) is 28.9 Å². The van der Waals surface area contributed by atoms with E-state index in [9.17, 15) is 0 Å². The van der Waals surface area contributed by atoms with Crippen molar-refractivity contribution in [2.24, 2.45) is 0 Å². The molecule has 6 heteroatoms. The Bertz CT molecular complexity index is 858. The third kappa shape index (κ3) is 3.04. The van der Waals surface area contributed by atoms with E-state index in [1.165, 1.54) is 0 Å². The predicted octanol–water partition coefficient (Wildman–Crippen LogP) is 2.73. The maximum Gasteiger partial charge on any atom is 0.194 e. The van der Waals surface area contributed by atoms with Gasteiger partial charge in [-0.15, -0.1) is 5.10 Å². The van der Waals surface area contributed by atoms with E-state index in [1.807, 2.05) is 32.0 Å². The number of nitrogens with zero attached hydrogens (tertiary/aromatic N) is 5. The molecule has 3 rings (SSSR count). The molecule has 114 valence electrons. The highest BCUT2D eigenvalue weighted by atomic mass is 16.5. The minimum atomic E-state index is 0.218. The number of rotatable bonds is 4. The molecule has 0 amide bonds. The summed E-state index contributed by atoms with van der Waals surface area (Å²) in [5.74, 6) is 1.21. The Labute approximate surface area is 133 Å². The molecule has 0 aliphatic rings. The zero-order valence-corrected chi connectivity index (χ0v) is 12.9. The van der Waals surface area contributed by atoms with Gasteiger partial charge in [-0.3, -0.25) is 0 Å². The minimum absolute atomic E-state index is 0.218. The molecular weight excluding hydrogens is 290 g/mol. The summed E-state index contributed by atoms with van der Waals surface area (Å²) >= 11 is 0. The number of nitriles is 1. The summed E-state index contributed by atoms with van der Waals surface area (Å²) < 4.78 is 7.41. The molecule has 0 N–H and O–H groups in total. The van der Waals surface area contributed by atoms with Crippen molar-refractivity contribution in [2.45, 2.75) is 20.5 Å². The maximum absolute atomic E-state index is 8.93. The first-order valence-corrected chi connectivity index (χ1v) is 7.16. The Hall–Kier alpha value is -3.20. The van der Waals surface area contributed by atoms with Gasteiger partial charge in [0.05, 0.1) is 17.3 Å². The van der Waals surface area contributed by atoms with Crippen molar-refractivity contribution in [2.75, 3.05) is 0 Å². The Balaban J connectivity index is 1.86. The Morgan fingerprint density at radius 3 is 2.61 bits per heavy atom. The van der Waals surface area contributed by atoms with Gasteiger partial charge in [0.25, 0.3) is 0 Å². The highest BCUT2D eigenvalue weighted by Crippen LogP contribution is 2.20. The SMILES string of the molecule is Cc1cccc(C)c1-n1nnnc1COc1cccc(C#N)c1. The monoisotopic (exact) mass is 305 g/mol. The van der Waals surface area contributed by atoms with Crippen LogP contribution in [-0.4, -0.2) is 20.2 Å². The maximum atomic E-state index is 8.93. The molecule has 0 saturated carbocycles. The molecule has 23 heavy (non-hydrogen) atoms. The smallest absolute Gasteiger partial charge is 0.194 e. The van der Waals surface area contributed by atoms with E-state index in [2.05, 4.69) is 21.6 Å². The first kappa shape index (κ1) is 14.7.